The van der Waals surface area contributed by atoms with Gasteiger partial charge in [0.05, 0.1) is 18.4 Å². The average molecular weight is 391 g/mol. The quantitative estimate of drug-likeness (QED) is 0.607. The van der Waals surface area contributed by atoms with Gasteiger partial charge in [-0.2, -0.15) is 5.26 Å². The molecule has 1 heterocycles. The summed E-state index contributed by atoms with van der Waals surface area (Å²) in [4.78, 5) is 20.8. The van der Waals surface area contributed by atoms with E-state index in [1.807, 2.05) is 30.3 Å². The average Bonchev–Trinajstić information content (AvgIpc) is 2.69. The molecule has 0 radical (unpaired) electrons. The van der Waals surface area contributed by atoms with Gasteiger partial charge in [0.1, 0.15) is 16.8 Å². The van der Waals surface area contributed by atoms with E-state index in [2.05, 4.69) is 26.7 Å². The van der Waals surface area contributed by atoms with E-state index in [1.165, 1.54) is 18.7 Å². The molecule has 140 valence electrons. The monoisotopic (exact) mass is 391 g/mol. The van der Waals surface area contributed by atoms with Gasteiger partial charge in [0.15, 0.2) is 0 Å². The molecule has 0 saturated carbocycles. The number of rotatable bonds is 6. The van der Waals surface area contributed by atoms with Crippen LogP contribution in [0.25, 0.3) is 0 Å². The summed E-state index contributed by atoms with van der Waals surface area (Å²) >= 11 is 1.40. The van der Waals surface area contributed by atoms with E-state index < -0.39 is 0 Å². The predicted octanol–water partition coefficient (Wildman–Crippen LogP) is 4.21. The Morgan fingerprint density at radius 3 is 2.64 bits per heavy atom. The number of anilines is 3. The van der Waals surface area contributed by atoms with Gasteiger partial charge in [-0.05, 0) is 48.5 Å². The van der Waals surface area contributed by atoms with E-state index in [1.54, 1.807) is 31.5 Å². The van der Waals surface area contributed by atoms with Crippen LogP contribution in [0, 0.1) is 11.3 Å². The van der Waals surface area contributed by atoms with Crippen molar-refractivity contribution >= 4 is 35.0 Å². The van der Waals surface area contributed by atoms with Gasteiger partial charge in [-0.1, -0.05) is 11.8 Å². The van der Waals surface area contributed by atoms with Crippen LogP contribution >= 0.6 is 11.8 Å². The summed E-state index contributed by atoms with van der Waals surface area (Å²) in [6.07, 6.45) is 1.66. The molecular weight excluding hydrogens is 374 g/mol. The standard InChI is InChI=1S/C20H17N5O2S/c1-13(26)23-18-8-7-17(11-14(18)12-21)28-19-9-10-22-20(25-19)24-15-3-5-16(27-2)6-4-15/h3-11H,1-2H3,(H,23,26)(H,22,24,25). The van der Waals surface area contributed by atoms with E-state index >= 15 is 0 Å². The molecule has 2 aromatic carbocycles. The van der Waals surface area contributed by atoms with Crippen LogP contribution in [0.15, 0.2) is 64.6 Å². The third kappa shape index (κ3) is 4.99. The van der Waals surface area contributed by atoms with Gasteiger partial charge in [0.25, 0.3) is 0 Å². The zero-order chi connectivity index (χ0) is 19.9. The zero-order valence-corrected chi connectivity index (χ0v) is 16.1. The molecule has 1 aromatic heterocycles. The molecule has 0 unspecified atom stereocenters. The van der Waals surface area contributed by atoms with Crippen LogP contribution in [-0.4, -0.2) is 23.0 Å². The molecule has 0 aliphatic heterocycles. The molecule has 7 nitrogen and oxygen atoms in total. The Kier molecular flexibility index (Phi) is 6.09. The third-order valence-electron chi connectivity index (χ3n) is 3.62. The van der Waals surface area contributed by atoms with E-state index in [9.17, 15) is 10.1 Å². The highest BCUT2D eigenvalue weighted by Gasteiger charge is 2.08. The first-order chi connectivity index (χ1) is 13.6. The Bertz CT molecular complexity index is 1030. The minimum absolute atomic E-state index is 0.220. The third-order valence-corrected chi connectivity index (χ3v) is 4.55. The molecule has 0 atom stereocenters. The molecule has 0 fully saturated rings. The van der Waals surface area contributed by atoms with Crippen LogP contribution in [0.3, 0.4) is 0 Å². The Labute approximate surface area is 166 Å². The molecule has 0 aliphatic rings. The van der Waals surface area contributed by atoms with Gasteiger partial charge >= 0.3 is 0 Å². The summed E-state index contributed by atoms with van der Waals surface area (Å²) in [5.74, 6) is 1.01. The molecule has 1 amide bonds. The number of carbonyl (C=O) groups is 1. The van der Waals surface area contributed by atoms with Crippen molar-refractivity contribution in [2.75, 3.05) is 17.7 Å². The Morgan fingerprint density at radius 1 is 1.18 bits per heavy atom. The number of nitriles is 1. The number of aromatic nitrogens is 2. The van der Waals surface area contributed by atoms with Gasteiger partial charge in [0.2, 0.25) is 11.9 Å². The van der Waals surface area contributed by atoms with Gasteiger partial charge in [0, 0.05) is 23.7 Å². The van der Waals surface area contributed by atoms with Crippen LogP contribution < -0.4 is 15.4 Å². The van der Waals surface area contributed by atoms with Crippen molar-refractivity contribution in [2.45, 2.75) is 16.8 Å². The van der Waals surface area contributed by atoms with Crippen LogP contribution in [-0.2, 0) is 4.79 Å². The highest BCUT2D eigenvalue weighted by Crippen LogP contribution is 2.30. The fourth-order valence-electron chi connectivity index (χ4n) is 2.36. The smallest absolute Gasteiger partial charge is 0.228 e. The van der Waals surface area contributed by atoms with Gasteiger partial charge in [-0.25, -0.2) is 9.97 Å². The number of hydrogen-bond acceptors (Lipinski definition) is 7. The lowest BCUT2D eigenvalue weighted by atomic mass is 10.2. The largest absolute Gasteiger partial charge is 0.497 e. The summed E-state index contributed by atoms with van der Waals surface area (Å²) < 4.78 is 5.14. The molecule has 0 spiro atoms. The predicted molar refractivity (Wildman–Crippen MR) is 108 cm³/mol. The van der Waals surface area contributed by atoms with Crippen molar-refractivity contribution in [1.29, 1.82) is 5.26 Å². The molecule has 8 heteroatoms. The highest BCUT2D eigenvalue weighted by atomic mass is 32.2. The first-order valence-electron chi connectivity index (χ1n) is 8.31. The summed E-state index contributed by atoms with van der Waals surface area (Å²) in [6.45, 7) is 1.40. The number of methoxy groups -OCH3 is 1. The lowest BCUT2D eigenvalue weighted by molar-refractivity contribution is -0.114. The van der Waals surface area contributed by atoms with Crippen LogP contribution in [0.4, 0.5) is 17.3 Å². The molecule has 0 aliphatic carbocycles. The minimum Gasteiger partial charge on any atom is -0.497 e. The molecule has 3 rings (SSSR count). The van der Waals surface area contributed by atoms with Gasteiger partial charge < -0.3 is 15.4 Å². The van der Waals surface area contributed by atoms with E-state index in [-0.39, 0.29) is 5.91 Å². The van der Waals surface area contributed by atoms with Crippen molar-refractivity contribution in [3.8, 4) is 11.8 Å². The van der Waals surface area contributed by atoms with Gasteiger partial charge in [-0.3, -0.25) is 4.79 Å². The van der Waals surface area contributed by atoms with Gasteiger partial charge in [-0.15, -0.1) is 0 Å². The van der Waals surface area contributed by atoms with Crippen molar-refractivity contribution in [2.24, 2.45) is 0 Å². The molecular formula is C20H17N5O2S. The first kappa shape index (κ1) is 19.2. The summed E-state index contributed by atoms with van der Waals surface area (Å²) in [5.41, 5.74) is 1.73. The van der Waals surface area contributed by atoms with E-state index in [0.717, 1.165) is 21.4 Å². The Balaban J connectivity index is 1.75. The molecule has 2 N–H and O–H groups in total. The Hall–Kier alpha value is -3.57. The maximum Gasteiger partial charge on any atom is 0.228 e. The van der Waals surface area contributed by atoms with Crippen molar-refractivity contribution in [3.63, 3.8) is 0 Å². The number of carbonyl (C=O) groups excluding carboxylic acids is 1. The normalized spacial score (nSPS) is 10.0. The number of hydrogen-bond donors (Lipinski definition) is 2. The second-order valence-electron chi connectivity index (χ2n) is 5.67. The molecule has 0 bridgehead atoms. The molecule has 3 aromatic rings. The van der Waals surface area contributed by atoms with Crippen LogP contribution in [0.2, 0.25) is 0 Å². The summed E-state index contributed by atoms with van der Waals surface area (Å²) in [7, 11) is 1.62. The number of benzene rings is 2. The number of nitrogens with one attached hydrogen (secondary N) is 2. The lowest BCUT2D eigenvalue weighted by Crippen LogP contribution is -2.07. The number of nitrogens with zero attached hydrogens (tertiary/aromatic N) is 3. The SMILES string of the molecule is COc1ccc(Nc2nccc(Sc3ccc(NC(C)=O)c(C#N)c3)n2)cc1. The van der Waals surface area contributed by atoms with Crippen molar-refractivity contribution in [3.05, 3.63) is 60.3 Å². The topological polar surface area (TPSA) is 99.9 Å². The Morgan fingerprint density at radius 2 is 1.96 bits per heavy atom. The van der Waals surface area contributed by atoms with E-state index in [0.29, 0.717) is 17.2 Å². The lowest BCUT2D eigenvalue weighted by Gasteiger charge is -2.09. The first-order valence-corrected chi connectivity index (χ1v) is 9.13. The van der Waals surface area contributed by atoms with Crippen LogP contribution in [0.1, 0.15) is 12.5 Å². The second-order valence-corrected chi connectivity index (χ2v) is 6.77. The van der Waals surface area contributed by atoms with Crippen molar-refractivity contribution in [1.82, 2.24) is 9.97 Å². The zero-order valence-electron chi connectivity index (χ0n) is 15.3. The van der Waals surface area contributed by atoms with Crippen LogP contribution in [0.5, 0.6) is 5.75 Å². The highest BCUT2D eigenvalue weighted by molar-refractivity contribution is 7.99. The fraction of sp³-hybridized carbons (Fsp3) is 0.100. The second kappa shape index (κ2) is 8.88. The molecule has 0 saturated heterocycles. The maximum atomic E-state index is 11.2. The summed E-state index contributed by atoms with van der Waals surface area (Å²) in [5, 5.41) is 15.8. The van der Waals surface area contributed by atoms with E-state index in [4.69, 9.17) is 4.74 Å². The molecule has 28 heavy (non-hydrogen) atoms. The maximum absolute atomic E-state index is 11.2. The number of ether oxygens (including phenoxy) is 1. The number of amides is 1. The minimum atomic E-state index is -0.220. The van der Waals surface area contributed by atoms with Crippen molar-refractivity contribution < 1.29 is 9.53 Å². The fourth-order valence-corrected chi connectivity index (χ4v) is 3.18. The summed E-state index contributed by atoms with van der Waals surface area (Å²) in [6, 6.07) is 16.6.